The molecule has 1 aromatic heterocycles. The Morgan fingerprint density at radius 1 is 1.53 bits per heavy atom. The molecule has 0 saturated carbocycles. The zero-order valence-corrected chi connectivity index (χ0v) is 11.3. The number of aromatic nitrogens is 1. The molecule has 10 heteroatoms. The van der Waals surface area contributed by atoms with Crippen LogP contribution >= 0.6 is 11.6 Å². The summed E-state index contributed by atoms with van der Waals surface area (Å²) in [6.07, 6.45) is 1.14. The van der Waals surface area contributed by atoms with E-state index in [-0.39, 0.29) is 41.3 Å². The first-order valence-electron chi connectivity index (χ1n) is 5.34. The first kappa shape index (κ1) is 14.0. The quantitative estimate of drug-likeness (QED) is 0.494. The van der Waals surface area contributed by atoms with Gasteiger partial charge in [0.25, 0.3) is 0 Å². The number of carbonyl (C=O) groups excluding carboxylic acids is 1. The number of amides is 1. The molecular formula is C9H12ClN5O3S. The molecule has 0 spiro atoms. The zero-order valence-electron chi connectivity index (χ0n) is 9.76. The summed E-state index contributed by atoms with van der Waals surface area (Å²) in [5, 5.41) is 2.64. The van der Waals surface area contributed by atoms with Gasteiger partial charge in [0.15, 0.2) is 5.82 Å². The van der Waals surface area contributed by atoms with E-state index in [1.165, 1.54) is 6.07 Å². The number of nitrogen functional groups attached to an aromatic ring is 1. The Morgan fingerprint density at radius 3 is 2.84 bits per heavy atom. The zero-order chi connectivity index (χ0) is 14.0. The Hall–Kier alpha value is -1.42. The van der Waals surface area contributed by atoms with Gasteiger partial charge in [0, 0.05) is 19.3 Å². The molecule has 0 unspecified atom stereocenters. The number of sulfonamides is 1. The summed E-state index contributed by atoms with van der Waals surface area (Å²) >= 11 is 5.84. The van der Waals surface area contributed by atoms with E-state index in [4.69, 9.17) is 17.4 Å². The Labute approximate surface area is 115 Å². The van der Waals surface area contributed by atoms with E-state index in [1.54, 1.807) is 0 Å². The van der Waals surface area contributed by atoms with Crippen molar-refractivity contribution in [2.24, 2.45) is 5.84 Å². The van der Waals surface area contributed by atoms with Gasteiger partial charge in [-0.2, -0.15) is 4.31 Å². The predicted octanol–water partition coefficient (Wildman–Crippen LogP) is -0.859. The number of hydrogen-bond acceptors (Lipinski definition) is 6. The number of anilines is 1. The van der Waals surface area contributed by atoms with Crippen LogP contribution < -0.4 is 16.6 Å². The summed E-state index contributed by atoms with van der Waals surface area (Å²) in [6.45, 7) is 0.279. The molecular weight excluding hydrogens is 294 g/mol. The van der Waals surface area contributed by atoms with Gasteiger partial charge in [-0.25, -0.2) is 19.2 Å². The average molecular weight is 306 g/mol. The third-order valence-electron chi connectivity index (χ3n) is 2.59. The number of carbonyl (C=O) groups is 1. The normalized spacial score (nSPS) is 17.1. The number of hydrazine groups is 1. The molecule has 1 fully saturated rings. The fraction of sp³-hybridized carbons (Fsp3) is 0.333. The van der Waals surface area contributed by atoms with E-state index in [0.717, 1.165) is 10.5 Å². The van der Waals surface area contributed by atoms with Crippen molar-refractivity contribution in [2.45, 2.75) is 4.90 Å². The molecule has 2 heterocycles. The molecule has 1 aromatic rings. The van der Waals surface area contributed by atoms with Gasteiger partial charge in [0.1, 0.15) is 4.90 Å². The molecule has 4 N–H and O–H groups in total. The van der Waals surface area contributed by atoms with Gasteiger partial charge in [0.05, 0.1) is 11.6 Å². The number of halogens is 1. The standard InChI is InChI=1S/C9H12ClN5O3S/c10-7-3-6(4-13-9(7)14-11)19(17,18)15-2-1-12-8(16)5-15/h3-4H,1-2,5,11H2,(H,12,16)(H,13,14). The first-order valence-corrected chi connectivity index (χ1v) is 7.16. The van der Waals surface area contributed by atoms with E-state index < -0.39 is 10.0 Å². The highest BCUT2D eigenvalue weighted by Gasteiger charge is 2.29. The van der Waals surface area contributed by atoms with Crippen molar-refractivity contribution >= 4 is 33.3 Å². The molecule has 1 amide bonds. The van der Waals surface area contributed by atoms with Crippen molar-refractivity contribution in [1.29, 1.82) is 0 Å². The largest absolute Gasteiger partial charge is 0.354 e. The Morgan fingerprint density at radius 2 is 2.26 bits per heavy atom. The molecule has 0 aromatic carbocycles. The summed E-state index contributed by atoms with van der Waals surface area (Å²) in [7, 11) is -3.79. The van der Waals surface area contributed by atoms with E-state index in [9.17, 15) is 13.2 Å². The van der Waals surface area contributed by atoms with Gasteiger partial charge in [0.2, 0.25) is 15.9 Å². The molecule has 1 saturated heterocycles. The molecule has 2 rings (SSSR count). The number of nitrogens with one attached hydrogen (secondary N) is 2. The molecule has 1 aliphatic heterocycles. The lowest BCUT2D eigenvalue weighted by molar-refractivity contribution is -0.122. The van der Waals surface area contributed by atoms with Crippen LogP contribution in [-0.2, 0) is 14.8 Å². The minimum atomic E-state index is -3.79. The van der Waals surface area contributed by atoms with Crippen molar-refractivity contribution in [1.82, 2.24) is 14.6 Å². The molecule has 0 radical (unpaired) electrons. The van der Waals surface area contributed by atoms with E-state index in [2.05, 4.69) is 15.7 Å². The van der Waals surface area contributed by atoms with Crippen molar-refractivity contribution in [3.63, 3.8) is 0 Å². The SMILES string of the molecule is NNc1ncc(S(=O)(=O)N2CCNC(=O)C2)cc1Cl. The smallest absolute Gasteiger partial charge is 0.245 e. The monoisotopic (exact) mass is 305 g/mol. The maximum atomic E-state index is 12.3. The van der Waals surface area contributed by atoms with Crippen molar-refractivity contribution in [2.75, 3.05) is 25.1 Å². The predicted molar refractivity (Wildman–Crippen MR) is 68.8 cm³/mol. The highest BCUT2D eigenvalue weighted by Crippen LogP contribution is 2.24. The van der Waals surface area contributed by atoms with Crippen molar-refractivity contribution in [3.8, 4) is 0 Å². The molecule has 1 aliphatic rings. The second-order valence-corrected chi connectivity index (χ2v) is 6.18. The minimum Gasteiger partial charge on any atom is -0.354 e. The molecule has 104 valence electrons. The second-order valence-electron chi connectivity index (χ2n) is 3.83. The van der Waals surface area contributed by atoms with Crippen LogP contribution in [0.4, 0.5) is 5.82 Å². The minimum absolute atomic E-state index is 0.0776. The third-order valence-corrected chi connectivity index (χ3v) is 4.69. The van der Waals surface area contributed by atoms with Gasteiger partial charge in [-0.15, -0.1) is 0 Å². The summed E-state index contributed by atoms with van der Waals surface area (Å²) in [6, 6.07) is 1.24. The van der Waals surface area contributed by atoms with Gasteiger partial charge in [-0.3, -0.25) is 4.79 Å². The fourth-order valence-electron chi connectivity index (χ4n) is 1.64. The number of pyridine rings is 1. The Kier molecular flexibility index (Phi) is 3.90. The van der Waals surface area contributed by atoms with Crippen LogP contribution in [0, 0.1) is 0 Å². The number of nitrogens with zero attached hydrogens (tertiary/aromatic N) is 2. The lowest BCUT2D eigenvalue weighted by Gasteiger charge is -2.25. The summed E-state index contributed by atoms with van der Waals surface area (Å²) in [4.78, 5) is 15.0. The molecule has 0 atom stereocenters. The molecule has 19 heavy (non-hydrogen) atoms. The topological polar surface area (TPSA) is 117 Å². The van der Waals surface area contributed by atoms with E-state index >= 15 is 0 Å². The maximum Gasteiger partial charge on any atom is 0.245 e. The van der Waals surface area contributed by atoms with Crippen molar-refractivity contribution in [3.05, 3.63) is 17.3 Å². The van der Waals surface area contributed by atoms with Crippen LogP contribution in [0.2, 0.25) is 5.02 Å². The van der Waals surface area contributed by atoms with Gasteiger partial charge in [-0.05, 0) is 6.07 Å². The fourth-order valence-corrected chi connectivity index (χ4v) is 3.29. The van der Waals surface area contributed by atoms with Crippen LogP contribution in [0.1, 0.15) is 0 Å². The lowest BCUT2D eigenvalue weighted by atomic mass is 10.4. The molecule has 0 aliphatic carbocycles. The highest BCUT2D eigenvalue weighted by atomic mass is 35.5. The van der Waals surface area contributed by atoms with Crippen LogP contribution in [0.5, 0.6) is 0 Å². The van der Waals surface area contributed by atoms with Crippen LogP contribution in [0.25, 0.3) is 0 Å². The molecule has 0 bridgehead atoms. The number of piperazine rings is 1. The second kappa shape index (κ2) is 5.29. The van der Waals surface area contributed by atoms with Crippen molar-refractivity contribution < 1.29 is 13.2 Å². The number of nitrogens with two attached hydrogens (primary N) is 1. The average Bonchev–Trinajstić information content (AvgIpc) is 2.38. The van der Waals surface area contributed by atoms with E-state index in [1.807, 2.05) is 0 Å². The third kappa shape index (κ3) is 2.78. The lowest BCUT2D eigenvalue weighted by Crippen LogP contribution is -2.49. The summed E-state index contributed by atoms with van der Waals surface area (Å²) < 4.78 is 25.6. The number of hydrogen-bond donors (Lipinski definition) is 3. The van der Waals surface area contributed by atoms with Crippen LogP contribution in [0.15, 0.2) is 17.2 Å². The molecule has 8 nitrogen and oxygen atoms in total. The first-order chi connectivity index (χ1) is 8.95. The van der Waals surface area contributed by atoms with Gasteiger partial charge >= 0.3 is 0 Å². The van der Waals surface area contributed by atoms with Gasteiger partial charge < -0.3 is 10.7 Å². The van der Waals surface area contributed by atoms with Crippen LogP contribution in [0.3, 0.4) is 0 Å². The van der Waals surface area contributed by atoms with Crippen LogP contribution in [-0.4, -0.2) is 43.2 Å². The Bertz CT molecular complexity index is 606. The van der Waals surface area contributed by atoms with Gasteiger partial charge in [-0.1, -0.05) is 11.6 Å². The summed E-state index contributed by atoms with van der Waals surface area (Å²) in [5.41, 5.74) is 2.24. The summed E-state index contributed by atoms with van der Waals surface area (Å²) in [5.74, 6) is 5.00. The Balaban J connectivity index is 2.33. The van der Waals surface area contributed by atoms with E-state index in [0.29, 0.717) is 0 Å². The maximum absolute atomic E-state index is 12.3. The highest BCUT2D eigenvalue weighted by molar-refractivity contribution is 7.89. The number of rotatable bonds is 3.